The van der Waals surface area contributed by atoms with Crippen LogP contribution < -0.4 is 10.6 Å². The third-order valence-electron chi connectivity index (χ3n) is 2.41. The van der Waals surface area contributed by atoms with E-state index in [4.69, 9.17) is 5.73 Å². The second-order valence-corrected chi connectivity index (χ2v) is 4.14. The first kappa shape index (κ1) is 12.0. The zero-order valence-corrected chi connectivity index (χ0v) is 9.90. The number of rotatable bonds is 5. The van der Waals surface area contributed by atoms with Gasteiger partial charge in [-0.3, -0.25) is 4.98 Å². The van der Waals surface area contributed by atoms with Crippen molar-refractivity contribution in [2.75, 3.05) is 18.0 Å². The average molecular weight is 207 g/mol. The van der Waals surface area contributed by atoms with E-state index in [0.717, 1.165) is 18.7 Å². The van der Waals surface area contributed by atoms with E-state index >= 15 is 0 Å². The first-order chi connectivity index (χ1) is 7.19. The highest BCUT2D eigenvalue weighted by Gasteiger charge is 2.09. The van der Waals surface area contributed by atoms with Crippen LogP contribution in [0.5, 0.6) is 0 Å². The number of nitrogens with two attached hydrogens (primary N) is 1. The van der Waals surface area contributed by atoms with Gasteiger partial charge < -0.3 is 10.6 Å². The van der Waals surface area contributed by atoms with Crippen LogP contribution in [0.2, 0.25) is 0 Å². The van der Waals surface area contributed by atoms with E-state index in [2.05, 4.69) is 30.7 Å². The number of anilines is 1. The van der Waals surface area contributed by atoms with E-state index in [1.54, 1.807) is 0 Å². The SMILES string of the molecule is CCN(CC(C)C)c1ccncc1CN. The lowest BCUT2D eigenvalue weighted by Gasteiger charge is -2.26. The molecule has 0 amide bonds. The molecule has 0 aromatic carbocycles. The molecule has 0 spiro atoms. The normalized spacial score (nSPS) is 10.7. The molecule has 3 heteroatoms. The lowest BCUT2D eigenvalue weighted by Crippen LogP contribution is -2.28. The fourth-order valence-corrected chi connectivity index (χ4v) is 1.72. The fraction of sp³-hybridized carbons (Fsp3) is 0.583. The Morgan fingerprint density at radius 2 is 2.20 bits per heavy atom. The van der Waals surface area contributed by atoms with Gasteiger partial charge in [-0.25, -0.2) is 0 Å². The summed E-state index contributed by atoms with van der Waals surface area (Å²) in [7, 11) is 0. The first-order valence-electron chi connectivity index (χ1n) is 5.57. The van der Waals surface area contributed by atoms with Crippen molar-refractivity contribution in [2.45, 2.75) is 27.3 Å². The smallest absolute Gasteiger partial charge is 0.0442 e. The van der Waals surface area contributed by atoms with Crippen molar-refractivity contribution in [3.8, 4) is 0 Å². The molecule has 0 bridgehead atoms. The Labute approximate surface area is 92.3 Å². The van der Waals surface area contributed by atoms with Gasteiger partial charge in [0.2, 0.25) is 0 Å². The van der Waals surface area contributed by atoms with E-state index < -0.39 is 0 Å². The molecule has 0 fully saturated rings. The summed E-state index contributed by atoms with van der Waals surface area (Å²) in [5, 5.41) is 0. The van der Waals surface area contributed by atoms with E-state index in [9.17, 15) is 0 Å². The van der Waals surface area contributed by atoms with Crippen molar-refractivity contribution >= 4 is 5.69 Å². The van der Waals surface area contributed by atoms with Crippen LogP contribution in [0.1, 0.15) is 26.3 Å². The molecule has 1 aromatic rings. The zero-order valence-electron chi connectivity index (χ0n) is 9.90. The lowest BCUT2D eigenvalue weighted by atomic mass is 10.1. The topological polar surface area (TPSA) is 42.2 Å². The highest BCUT2D eigenvalue weighted by Crippen LogP contribution is 2.19. The summed E-state index contributed by atoms with van der Waals surface area (Å²) in [5.41, 5.74) is 8.06. The predicted molar refractivity (Wildman–Crippen MR) is 64.9 cm³/mol. The molecular formula is C12H21N3. The van der Waals surface area contributed by atoms with Gasteiger partial charge in [-0.1, -0.05) is 13.8 Å². The van der Waals surface area contributed by atoms with Gasteiger partial charge >= 0.3 is 0 Å². The third-order valence-corrected chi connectivity index (χ3v) is 2.41. The molecule has 1 aromatic heterocycles. The Kier molecular flexibility index (Phi) is 4.56. The summed E-state index contributed by atoms with van der Waals surface area (Å²) < 4.78 is 0. The number of hydrogen-bond donors (Lipinski definition) is 1. The zero-order chi connectivity index (χ0) is 11.3. The molecule has 84 valence electrons. The van der Waals surface area contributed by atoms with Gasteiger partial charge in [0.15, 0.2) is 0 Å². The maximum absolute atomic E-state index is 5.71. The second kappa shape index (κ2) is 5.71. The predicted octanol–water partition coefficient (Wildman–Crippen LogP) is 2.02. The van der Waals surface area contributed by atoms with Crippen LogP contribution in [0.3, 0.4) is 0 Å². The van der Waals surface area contributed by atoms with Crippen LogP contribution in [0, 0.1) is 5.92 Å². The lowest BCUT2D eigenvalue weighted by molar-refractivity contribution is 0.617. The maximum Gasteiger partial charge on any atom is 0.0442 e. The van der Waals surface area contributed by atoms with Gasteiger partial charge in [0, 0.05) is 43.3 Å². The number of pyridine rings is 1. The number of aromatic nitrogens is 1. The van der Waals surface area contributed by atoms with Gasteiger partial charge in [-0.15, -0.1) is 0 Å². The Balaban J connectivity index is 2.90. The molecule has 0 saturated carbocycles. The van der Waals surface area contributed by atoms with E-state index in [1.807, 2.05) is 18.5 Å². The fourth-order valence-electron chi connectivity index (χ4n) is 1.72. The Morgan fingerprint density at radius 3 is 2.73 bits per heavy atom. The average Bonchev–Trinajstić information content (AvgIpc) is 2.25. The minimum absolute atomic E-state index is 0.553. The van der Waals surface area contributed by atoms with Gasteiger partial charge in [-0.05, 0) is 18.9 Å². The van der Waals surface area contributed by atoms with Crippen LogP contribution in [-0.4, -0.2) is 18.1 Å². The molecular weight excluding hydrogens is 186 g/mol. The molecule has 1 rings (SSSR count). The largest absolute Gasteiger partial charge is 0.371 e. The quantitative estimate of drug-likeness (QED) is 0.803. The van der Waals surface area contributed by atoms with Crippen LogP contribution in [0.25, 0.3) is 0 Å². The molecule has 15 heavy (non-hydrogen) atoms. The van der Waals surface area contributed by atoms with Crippen LogP contribution >= 0.6 is 0 Å². The van der Waals surface area contributed by atoms with Crippen molar-refractivity contribution in [2.24, 2.45) is 11.7 Å². The molecule has 1 heterocycles. The molecule has 0 aliphatic carbocycles. The van der Waals surface area contributed by atoms with Crippen LogP contribution in [-0.2, 0) is 6.54 Å². The Morgan fingerprint density at radius 1 is 1.47 bits per heavy atom. The third kappa shape index (κ3) is 3.20. The minimum atomic E-state index is 0.553. The summed E-state index contributed by atoms with van der Waals surface area (Å²) in [4.78, 5) is 6.46. The van der Waals surface area contributed by atoms with E-state index in [0.29, 0.717) is 12.5 Å². The van der Waals surface area contributed by atoms with Crippen LogP contribution in [0.4, 0.5) is 5.69 Å². The molecule has 3 nitrogen and oxygen atoms in total. The maximum atomic E-state index is 5.71. The monoisotopic (exact) mass is 207 g/mol. The first-order valence-corrected chi connectivity index (χ1v) is 5.57. The van der Waals surface area contributed by atoms with Crippen molar-refractivity contribution < 1.29 is 0 Å². The van der Waals surface area contributed by atoms with Crippen molar-refractivity contribution in [3.05, 3.63) is 24.0 Å². The summed E-state index contributed by atoms with van der Waals surface area (Å²) >= 11 is 0. The standard InChI is InChI=1S/C12H21N3/c1-4-15(9-10(2)3)12-5-6-14-8-11(12)7-13/h5-6,8,10H,4,7,9,13H2,1-3H3. The summed E-state index contributed by atoms with van der Waals surface area (Å²) in [6.45, 7) is 9.25. The van der Waals surface area contributed by atoms with Gasteiger partial charge in [0.05, 0.1) is 0 Å². The minimum Gasteiger partial charge on any atom is -0.371 e. The van der Waals surface area contributed by atoms with Gasteiger partial charge in [0.25, 0.3) is 0 Å². The molecule has 0 unspecified atom stereocenters. The summed E-state index contributed by atoms with van der Waals surface area (Å²) in [5.74, 6) is 0.656. The highest BCUT2D eigenvalue weighted by molar-refractivity contribution is 5.52. The van der Waals surface area contributed by atoms with Gasteiger partial charge in [-0.2, -0.15) is 0 Å². The number of hydrogen-bond acceptors (Lipinski definition) is 3. The van der Waals surface area contributed by atoms with E-state index in [-0.39, 0.29) is 0 Å². The van der Waals surface area contributed by atoms with Crippen molar-refractivity contribution in [1.82, 2.24) is 4.98 Å². The highest BCUT2D eigenvalue weighted by atomic mass is 15.1. The van der Waals surface area contributed by atoms with Gasteiger partial charge in [0.1, 0.15) is 0 Å². The Hall–Kier alpha value is -1.09. The molecule has 2 N–H and O–H groups in total. The molecule has 0 saturated heterocycles. The van der Waals surface area contributed by atoms with E-state index in [1.165, 1.54) is 5.69 Å². The molecule has 0 aliphatic rings. The van der Waals surface area contributed by atoms with Crippen molar-refractivity contribution in [1.29, 1.82) is 0 Å². The molecule has 0 atom stereocenters. The second-order valence-electron chi connectivity index (χ2n) is 4.14. The summed E-state index contributed by atoms with van der Waals surface area (Å²) in [6.07, 6.45) is 3.69. The van der Waals surface area contributed by atoms with Crippen molar-refractivity contribution in [3.63, 3.8) is 0 Å². The summed E-state index contributed by atoms with van der Waals surface area (Å²) in [6, 6.07) is 2.05. The van der Waals surface area contributed by atoms with Crippen LogP contribution in [0.15, 0.2) is 18.5 Å². The molecule has 0 radical (unpaired) electrons. The number of nitrogens with zero attached hydrogens (tertiary/aromatic N) is 2. The Bertz CT molecular complexity index is 297. The molecule has 0 aliphatic heterocycles.